The number of carbonyl (C=O) groups excluding carboxylic acids is 2. The number of hydrogen-bond acceptors (Lipinski definition) is 3. The van der Waals surface area contributed by atoms with Crippen molar-refractivity contribution >= 4 is 11.8 Å². The Bertz CT molecular complexity index is 765. The Balaban J connectivity index is 1.58. The molecule has 0 heterocycles. The van der Waals surface area contributed by atoms with Crippen LogP contribution in [-0.2, 0) is 11.3 Å². The first-order valence-electron chi connectivity index (χ1n) is 8.84. The third-order valence-corrected chi connectivity index (χ3v) is 4.53. The molecule has 0 radical (unpaired) electrons. The molecule has 1 fully saturated rings. The number of rotatable bonds is 7. The Morgan fingerprint density at radius 2 is 1.73 bits per heavy atom. The summed E-state index contributed by atoms with van der Waals surface area (Å²) < 4.78 is 5.17. The molecule has 0 bridgehead atoms. The molecule has 5 heteroatoms. The number of carbonyl (C=O) groups is 2. The fourth-order valence-electron chi connectivity index (χ4n) is 2.80. The van der Waals surface area contributed by atoms with Crippen molar-refractivity contribution in [1.82, 2.24) is 10.2 Å². The lowest BCUT2D eigenvalue weighted by Gasteiger charge is -2.23. The van der Waals surface area contributed by atoms with Crippen molar-refractivity contribution in [2.75, 3.05) is 13.7 Å². The fraction of sp³-hybridized carbons (Fsp3) is 0.333. The quantitative estimate of drug-likeness (QED) is 0.833. The van der Waals surface area contributed by atoms with E-state index in [0.717, 1.165) is 29.7 Å². The largest absolute Gasteiger partial charge is 0.497 e. The summed E-state index contributed by atoms with van der Waals surface area (Å²) in [6, 6.07) is 15.3. The van der Waals surface area contributed by atoms with Crippen molar-refractivity contribution < 1.29 is 14.3 Å². The predicted octanol–water partition coefficient (Wildman–Crippen LogP) is 2.92. The van der Waals surface area contributed by atoms with Crippen LogP contribution in [0.25, 0.3) is 0 Å². The second-order valence-corrected chi connectivity index (χ2v) is 6.65. The van der Waals surface area contributed by atoms with E-state index in [1.54, 1.807) is 19.2 Å². The summed E-state index contributed by atoms with van der Waals surface area (Å²) in [5.74, 6) is 0.519. The SMILES string of the molecule is COc1ccc(CN(C(=O)CNC(=O)c2ccc(C)cc2)C2CC2)cc1. The molecule has 0 aromatic heterocycles. The van der Waals surface area contributed by atoms with Gasteiger partial charge in [0.15, 0.2) is 0 Å². The Hall–Kier alpha value is -2.82. The van der Waals surface area contributed by atoms with E-state index in [0.29, 0.717) is 12.1 Å². The second kappa shape index (κ2) is 8.04. The van der Waals surface area contributed by atoms with Gasteiger partial charge in [0.05, 0.1) is 13.7 Å². The van der Waals surface area contributed by atoms with Crippen LogP contribution in [0.15, 0.2) is 48.5 Å². The standard InChI is InChI=1S/C21H24N2O3/c1-15-3-7-17(8-4-15)21(25)22-13-20(24)23(18-9-10-18)14-16-5-11-19(26-2)12-6-16/h3-8,11-12,18H,9-10,13-14H2,1-2H3,(H,22,25). The molecule has 0 unspecified atom stereocenters. The Morgan fingerprint density at radius 3 is 2.31 bits per heavy atom. The van der Waals surface area contributed by atoms with Gasteiger partial charge < -0.3 is 15.0 Å². The number of benzene rings is 2. The first kappa shape index (κ1) is 18.0. The summed E-state index contributed by atoms with van der Waals surface area (Å²) >= 11 is 0. The van der Waals surface area contributed by atoms with E-state index in [1.807, 2.05) is 48.2 Å². The number of nitrogens with zero attached hydrogens (tertiary/aromatic N) is 1. The summed E-state index contributed by atoms with van der Waals surface area (Å²) in [6.07, 6.45) is 2.04. The smallest absolute Gasteiger partial charge is 0.251 e. The van der Waals surface area contributed by atoms with Crippen molar-refractivity contribution in [1.29, 1.82) is 0 Å². The molecule has 1 aliphatic rings. The first-order valence-corrected chi connectivity index (χ1v) is 8.84. The van der Waals surface area contributed by atoms with Crippen molar-refractivity contribution in [3.8, 4) is 5.75 Å². The molecule has 2 aromatic carbocycles. The minimum atomic E-state index is -0.224. The van der Waals surface area contributed by atoms with Crippen molar-refractivity contribution in [2.45, 2.75) is 32.4 Å². The lowest BCUT2D eigenvalue weighted by Crippen LogP contribution is -2.41. The number of nitrogens with one attached hydrogen (secondary N) is 1. The third-order valence-electron chi connectivity index (χ3n) is 4.53. The average molecular weight is 352 g/mol. The van der Waals surface area contributed by atoms with Gasteiger partial charge in [-0.3, -0.25) is 9.59 Å². The highest BCUT2D eigenvalue weighted by molar-refractivity contribution is 5.96. The zero-order valence-electron chi connectivity index (χ0n) is 15.2. The Morgan fingerprint density at radius 1 is 1.08 bits per heavy atom. The normalized spacial score (nSPS) is 13.2. The van der Waals surface area contributed by atoms with Crippen LogP contribution < -0.4 is 10.1 Å². The zero-order chi connectivity index (χ0) is 18.5. The number of hydrogen-bond donors (Lipinski definition) is 1. The molecule has 3 rings (SSSR count). The van der Waals surface area contributed by atoms with Crippen LogP contribution in [0.1, 0.15) is 34.3 Å². The molecule has 0 saturated heterocycles. The molecule has 26 heavy (non-hydrogen) atoms. The maximum Gasteiger partial charge on any atom is 0.251 e. The van der Waals surface area contributed by atoms with Crippen molar-refractivity contribution in [2.24, 2.45) is 0 Å². The van der Waals surface area contributed by atoms with Gasteiger partial charge in [-0.1, -0.05) is 29.8 Å². The minimum absolute atomic E-state index is 0.0133. The number of aryl methyl sites for hydroxylation is 1. The van der Waals surface area contributed by atoms with Gasteiger partial charge in [0.25, 0.3) is 5.91 Å². The predicted molar refractivity (Wildman–Crippen MR) is 100 cm³/mol. The van der Waals surface area contributed by atoms with E-state index in [9.17, 15) is 9.59 Å². The van der Waals surface area contributed by atoms with Gasteiger partial charge in [0, 0.05) is 18.2 Å². The van der Waals surface area contributed by atoms with Gasteiger partial charge in [-0.25, -0.2) is 0 Å². The summed E-state index contributed by atoms with van der Waals surface area (Å²) in [4.78, 5) is 26.7. The molecule has 1 N–H and O–H groups in total. The van der Waals surface area contributed by atoms with Gasteiger partial charge >= 0.3 is 0 Å². The Kier molecular flexibility index (Phi) is 5.56. The maximum absolute atomic E-state index is 12.6. The van der Waals surface area contributed by atoms with E-state index >= 15 is 0 Å². The molecule has 2 amide bonds. The van der Waals surface area contributed by atoms with Gasteiger partial charge in [0.2, 0.25) is 5.91 Å². The minimum Gasteiger partial charge on any atom is -0.497 e. The molecule has 1 aliphatic carbocycles. The van der Waals surface area contributed by atoms with Crippen LogP contribution >= 0.6 is 0 Å². The fourth-order valence-corrected chi connectivity index (χ4v) is 2.80. The highest BCUT2D eigenvalue weighted by atomic mass is 16.5. The van der Waals surface area contributed by atoms with Crippen LogP contribution in [-0.4, -0.2) is 36.4 Å². The maximum atomic E-state index is 12.6. The molecule has 2 aromatic rings. The summed E-state index contributed by atoms with van der Waals surface area (Å²) in [6.45, 7) is 2.53. The highest BCUT2D eigenvalue weighted by Gasteiger charge is 2.32. The van der Waals surface area contributed by atoms with Crippen LogP contribution in [0.3, 0.4) is 0 Å². The molecule has 5 nitrogen and oxygen atoms in total. The molecule has 0 aliphatic heterocycles. The highest BCUT2D eigenvalue weighted by Crippen LogP contribution is 2.28. The van der Waals surface area contributed by atoms with Crippen LogP contribution in [0.2, 0.25) is 0 Å². The average Bonchev–Trinajstić information content (AvgIpc) is 3.50. The van der Waals surface area contributed by atoms with E-state index in [-0.39, 0.29) is 24.4 Å². The van der Waals surface area contributed by atoms with Crippen molar-refractivity contribution in [3.63, 3.8) is 0 Å². The number of ether oxygens (including phenoxy) is 1. The summed E-state index contributed by atoms with van der Waals surface area (Å²) in [7, 11) is 1.63. The van der Waals surface area contributed by atoms with E-state index in [4.69, 9.17) is 4.74 Å². The molecule has 0 atom stereocenters. The lowest BCUT2D eigenvalue weighted by atomic mass is 10.1. The van der Waals surface area contributed by atoms with Crippen LogP contribution in [0.5, 0.6) is 5.75 Å². The summed E-state index contributed by atoms with van der Waals surface area (Å²) in [5, 5.41) is 2.74. The van der Waals surface area contributed by atoms with Crippen molar-refractivity contribution in [3.05, 3.63) is 65.2 Å². The van der Waals surface area contributed by atoms with Crippen LogP contribution in [0.4, 0.5) is 0 Å². The van der Waals surface area contributed by atoms with E-state index in [2.05, 4.69) is 5.32 Å². The molecule has 0 spiro atoms. The van der Waals surface area contributed by atoms with E-state index in [1.165, 1.54) is 0 Å². The molecule has 136 valence electrons. The van der Waals surface area contributed by atoms with Gasteiger partial charge in [0.1, 0.15) is 5.75 Å². The molecule has 1 saturated carbocycles. The topological polar surface area (TPSA) is 58.6 Å². The monoisotopic (exact) mass is 352 g/mol. The van der Waals surface area contributed by atoms with Gasteiger partial charge in [-0.15, -0.1) is 0 Å². The van der Waals surface area contributed by atoms with Gasteiger partial charge in [-0.2, -0.15) is 0 Å². The van der Waals surface area contributed by atoms with E-state index < -0.39 is 0 Å². The third kappa shape index (κ3) is 4.63. The number of amides is 2. The molecular formula is C21H24N2O3. The molecular weight excluding hydrogens is 328 g/mol. The lowest BCUT2D eigenvalue weighted by molar-refractivity contribution is -0.131. The number of methoxy groups -OCH3 is 1. The van der Waals surface area contributed by atoms with Gasteiger partial charge in [-0.05, 0) is 49.6 Å². The van der Waals surface area contributed by atoms with Crippen LogP contribution in [0, 0.1) is 6.92 Å². The second-order valence-electron chi connectivity index (χ2n) is 6.65. The summed E-state index contributed by atoms with van der Waals surface area (Å²) in [5.41, 5.74) is 2.71. The first-order chi connectivity index (χ1) is 12.6. The Labute approximate surface area is 154 Å². The zero-order valence-corrected chi connectivity index (χ0v) is 15.2.